The van der Waals surface area contributed by atoms with E-state index in [1.807, 2.05) is 0 Å². The van der Waals surface area contributed by atoms with Crippen LogP contribution in [-0.2, 0) is 11.2 Å². The number of benzene rings is 2. The van der Waals surface area contributed by atoms with Crippen LogP contribution in [0.1, 0.15) is 11.1 Å². The molecule has 2 aromatic rings. The van der Waals surface area contributed by atoms with Crippen molar-refractivity contribution in [1.82, 2.24) is 0 Å². The summed E-state index contributed by atoms with van der Waals surface area (Å²) in [6.45, 7) is 1.78. The summed E-state index contributed by atoms with van der Waals surface area (Å²) < 4.78 is 0. The smallest absolute Gasteiger partial charge is 0.241 e. The molecule has 0 heterocycles. The van der Waals surface area contributed by atoms with Crippen LogP contribution in [0.4, 0.5) is 5.69 Å². The lowest BCUT2D eigenvalue weighted by atomic mass is 10.1. The summed E-state index contributed by atoms with van der Waals surface area (Å²) in [6, 6.07) is 10.8. The van der Waals surface area contributed by atoms with Crippen molar-refractivity contribution in [2.75, 3.05) is 5.32 Å². The van der Waals surface area contributed by atoms with E-state index < -0.39 is 6.04 Å². The van der Waals surface area contributed by atoms with Crippen LogP contribution in [0, 0.1) is 6.92 Å². The van der Waals surface area contributed by atoms with Gasteiger partial charge in [0.2, 0.25) is 5.91 Å². The Morgan fingerprint density at radius 1 is 1.19 bits per heavy atom. The molecule has 1 amide bonds. The molecule has 0 saturated carbocycles. The molecule has 0 aliphatic carbocycles. The van der Waals surface area contributed by atoms with Crippen LogP contribution < -0.4 is 11.1 Å². The average molecular weight is 286 g/mol. The molecule has 21 heavy (non-hydrogen) atoms. The van der Waals surface area contributed by atoms with E-state index in [2.05, 4.69) is 5.32 Å². The first-order valence-electron chi connectivity index (χ1n) is 6.59. The minimum absolute atomic E-state index is 0.125. The zero-order valence-corrected chi connectivity index (χ0v) is 11.7. The van der Waals surface area contributed by atoms with Crippen LogP contribution in [0.25, 0.3) is 0 Å². The maximum absolute atomic E-state index is 12.0. The molecular weight excluding hydrogens is 268 g/mol. The monoisotopic (exact) mass is 286 g/mol. The van der Waals surface area contributed by atoms with Gasteiger partial charge in [0.25, 0.3) is 0 Å². The van der Waals surface area contributed by atoms with Gasteiger partial charge in [0.1, 0.15) is 11.5 Å². The number of nitrogens with two attached hydrogens (primary N) is 1. The van der Waals surface area contributed by atoms with Crippen LogP contribution in [0.5, 0.6) is 11.5 Å². The number of amides is 1. The second kappa shape index (κ2) is 6.28. The fourth-order valence-electron chi connectivity index (χ4n) is 1.90. The number of nitrogens with one attached hydrogen (secondary N) is 1. The van der Waals surface area contributed by atoms with E-state index in [9.17, 15) is 15.0 Å². The number of anilines is 1. The van der Waals surface area contributed by atoms with Gasteiger partial charge in [0.05, 0.1) is 6.04 Å². The molecular formula is C16H18N2O3. The number of rotatable bonds is 4. The lowest BCUT2D eigenvalue weighted by Gasteiger charge is -2.13. The molecule has 110 valence electrons. The van der Waals surface area contributed by atoms with Gasteiger partial charge in [-0.2, -0.15) is 0 Å². The summed E-state index contributed by atoms with van der Waals surface area (Å²) in [5.74, 6) is -0.0295. The van der Waals surface area contributed by atoms with Crippen LogP contribution in [0.2, 0.25) is 0 Å². The van der Waals surface area contributed by atoms with Gasteiger partial charge in [-0.15, -0.1) is 0 Å². The first kappa shape index (κ1) is 14.9. The minimum atomic E-state index is -0.710. The summed E-state index contributed by atoms with van der Waals surface area (Å²) in [4.78, 5) is 12.0. The Labute approximate surface area is 123 Å². The van der Waals surface area contributed by atoms with Gasteiger partial charge < -0.3 is 21.3 Å². The predicted octanol–water partition coefficient (Wildman–Crippen LogP) is 1.91. The van der Waals surface area contributed by atoms with Crippen LogP contribution in [0.15, 0.2) is 42.5 Å². The van der Waals surface area contributed by atoms with Crippen molar-refractivity contribution in [2.24, 2.45) is 5.73 Å². The normalized spacial score (nSPS) is 11.9. The Bertz CT molecular complexity index is 638. The van der Waals surface area contributed by atoms with E-state index in [1.54, 1.807) is 43.3 Å². The van der Waals surface area contributed by atoms with Crippen molar-refractivity contribution < 1.29 is 15.0 Å². The van der Waals surface area contributed by atoms with E-state index in [4.69, 9.17) is 5.73 Å². The molecule has 0 bridgehead atoms. The lowest BCUT2D eigenvalue weighted by molar-refractivity contribution is -0.117. The summed E-state index contributed by atoms with van der Waals surface area (Å²) in [7, 11) is 0. The second-order valence-corrected chi connectivity index (χ2v) is 4.97. The second-order valence-electron chi connectivity index (χ2n) is 4.97. The van der Waals surface area contributed by atoms with Gasteiger partial charge >= 0.3 is 0 Å². The fraction of sp³-hybridized carbons (Fsp3) is 0.188. The molecule has 0 saturated heterocycles. The number of aromatic hydroxyl groups is 2. The fourth-order valence-corrected chi connectivity index (χ4v) is 1.90. The van der Waals surface area contributed by atoms with Gasteiger partial charge in [0.15, 0.2) is 0 Å². The minimum Gasteiger partial charge on any atom is -0.508 e. The largest absolute Gasteiger partial charge is 0.508 e. The van der Waals surface area contributed by atoms with Gasteiger partial charge in [-0.3, -0.25) is 4.79 Å². The number of aryl methyl sites for hydroxylation is 1. The molecule has 0 unspecified atom stereocenters. The zero-order valence-electron chi connectivity index (χ0n) is 11.7. The molecule has 0 aliphatic rings. The molecule has 0 aromatic heterocycles. The third-order valence-corrected chi connectivity index (χ3v) is 3.21. The number of carbonyl (C=O) groups excluding carboxylic acids is 1. The first-order chi connectivity index (χ1) is 9.95. The third kappa shape index (κ3) is 3.97. The summed E-state index contributed by atoms with van der Waals surface area (Å²) >= 11 is 0. The molecule has 2 aromatic carbocycles. The molecule has 5 nitrogen and oxygen atoms in total. The summed E-state index contributed by atoms with van der Waals surface area (Å²) in [6.07, 6.45) is 0.365. The Morgan fingerprint density at radius 2 is 1.86 bits per heavy atom. The standard InChI is InChI=1S/C16H18N2O3/c1-10-2-5-12(9-15(10)20)18-16(21)14(17)8-11-3-6-13(19)7-4-11/h2-7,9,14,19-20H,8,17H2,1H3,(H,18,21)/t14-/m1/s1. The van der Waals surface area contributed by atoms with Crippen molar-refractivity contribution in [3.05, 3.63) is 53.6 Å². The highest BCUT2D eigenvalue weighted by Crippen LogP contribution is 2.21. The Hall–Kier alpha value is -2.53. The molecule has 5 heteroatoms. The van der Waals surface area contributed by atoms with Crippen molar-refractivity contribution >= 4 is 11.6 Å². The molecule has 0 spiro atoms. The number of hydrogen-bond donors (Lipinski definition) is 4. The van der Waals surface area contributed by atoms with Crippen molar-refractivity contribution in [1.29, 1.82) is 0 Å². The van der Waals surface area contributed by atoms with Crippen LogP contribution in [-0.4, -0.2) is 22.2 Å². The molecule has 0 aliphatic heterocycles. The number of hydrogen-bond acceptors (Lipinski definition) is 4. The highest BCUT2D eigenvalue weighted by molar-refractivity contribution is 5.95. The Balaban J connectivity index is 1.98. The molecule has 1 atom stereocenters. The highest BCUT2D eigenvalue weighted by atomic mass is 16.3. The summed E-state index contributed by atoms with van der Waals surface area (Å²) in [5.41, 5.74) is 7.97. The molecule has 0 radical (unpaired) electrons. The van der Waals surface area contributed by atoms with Crippen molar-refractivity contribution in [2.45, 2.75) is 19.4 Å². The number of phenols is 2. The predicted molar refractivity (Wildman–Crippen MR) is 81.3 cm³/mol. The van der Waals surface area contributed by atoms with Gasteiger partial charge in [-0.25, -0.2) is 0 Å². The van der Waals surface area contributed by atoms with Gasteiger partial charge in [-0.05, 0) is 42.7 Å². The van der Waals surface area contributed by atoms with E-state index >= 15 is 0 Å². The van der Waals surface area contributed by atoms with Gasteiger partial charge in [-0.1, -0.05) is 18.2 Å². The Kier molecular flexibility index (Phi) is 4.45. The highest BCUT2D eigenvalue weighted by Gasteiger charge is 2.14. The summed E-state index contributed by atoms with van der Waals surface area (Å²) in [5, 5.41) is 21.5. The number of phenolic OH excluding ortho intramolecular Hbond substituents is 2. The zero-order chi connectivity index (χ0) is 15.4. The SMILES string of the molecule is Cc1ccc(NC(=O)[C@H](N)Cc2ccc(O)cc2)cc1O. The Morgan fingerprint density at radius 3 is 2.48 bits per heavy atom. The maximum atomic E-state index is 12.0. The quantitative estimate of drug-likeness (QED) is 0.690. The van der Waals surface area contributed by atoms with E-state index in [0.717, 1.165) is 11.1 Å². The van der Waals surface area contributed by atoms with E-state index in [-0.39, 0.29) is 17.4 Å². The first-order valence-corrected chi connectivity index (χ1v) is 6.59. The maximum Gasteiger partial charge on any atom is 0.241 e. The molecule has 5 N–H and O–H groups in total. The van der Waals surface area contributed by atoms with Crippen LogP contribution in [0.3, 0.4) is 0 Å². The molecule has 0 fully saturated rings. The van der Waals surface area contributed by atoms with E-state index in [1.165, 1.54) is 6.07 Å². The van der Waals surface area contributed by atoms with Crippen LogP contribution >= 0.6 is 0 Å². The topological polar surface area (TPSA) is 95.6 Å². The van der Waals surface area contributed by atoms with Gasteiger partial charge in [0, 0.05) is 11.8 Å². The molecule has 2 rings (SSSR count). The van der Waals surface area contributed by atoms with E-state index in [0.29, 0.717) is 12.1 Å². The third-order valence-electron chi connectivity index (χ3n) is 3.21. The lowest BCUT2D eigenvalue weighted by Crippen LogP contribution is -2.37. The average Bonchev–Trinajstić information content (AvgIpc) is 2.45. The number of carbonyl (C=O) groups is 1. The van der Waals surface area contributed by atoms with Crippen molar-refractivity contribution in [3.63, 3.8) is 0 Å². The van der Waals surface area contributed by atoms with Crippen molar-refractivity contribution in [3.8, 4) is 11.5 Å².